The lowest BCUT2D eigenvalue weighted by Gasteiger charge is -2.28. The molecule has 1 N–H and O–H groups in total. The molecule has 1 atom stereocenters. The highest BCUT2D eigenvalue weighted by molar-refractivity contribution is 5.33. The third-order valence-corrected chi connectivity index (χ3v) is 4.69. The first-order chi connectivity index (χ1) is 10.3. The molecule has 1 heterocycles. The number of nitrogens with zero attached hydrogens (tertiary/aromatic N) is 2. The zero-order valence-corrected chi connectivity index (χ0v) is 12.8. The Morgan fingerprint density at radius 3 is 2.62 bits per heavy atom. The SMILES string of the molecule is C[C@H](NCc1ccc(-n2cccn2)cc1)C1CCCCC1. The van der Waals surface area contributed by atoms with Gasteiger partial charge < -0.3 is 5.32 Å². The van der Waals surface area contributed by atoms with Gasteiger partial charge in [-0.05, 0) is 49.4 Å². The average Bonchev–Trinajstić information content (AvgIpc) is 3.08. The van der Waals surface area contributed by atoms with E-state index >= 15 is 0 Å². The fourth-order valence-corrected chi connectivity index (χ4v) is 3.27. The number of nitrogens with one attached hydrogen (secondary N) is 1. The van der Waals surface area contributed by atoms with Crippen molar-refractivity contribution in [1.29, 1.82) is 0 Å². The van der Waals surface area contributed by atoms with Crippen molar-refractivity contribution in [3.63, 3.8) is 0 Å². The maximum absolute atomic E-state index is 4.25. The molecule has 0 spiro atoms. The van der Waals surface area contributed by atoms with E-state index in [1.165, 1.54) is 37.7 Å². The molecular weight excluding hydrogens is 258 g/mol. The summed E-state index contributed by atoms with van der Waals surface area (Å²) in [6.45, 7) is 3.30. The van der Waals surface area contributed by atoms with Gasteiger partial charge in [0.2, 0.25) is 0 Å². The molecule has 0 unspecified atom stereocenters. The molecule has 0 amide bonds. The van der Waals surface area contributed by atoms with Crippen molar-refractivity contribution in [1.82, 2.24) is 15.1 Å². The lowest BCUT2D eigenvalue weighted by molar-refractivity contribution is 0.280. The summed E-state index contributed by atoms with van der Waals surface area (Å²) < 4.78 is 1.89. The predicted octanol–water partition coefficient (Wildman–Crippen LogP) is 3.93. The van der Waals surface area contributed by atoms with Gasteiger partial charge in [0.05, 0.1) is 5.69 Å². The Kier molecular flexibility index (Phi) is 4.71. The molecule has 3 heteroatoms. The maximum atomic E-state index is 4.25. The van der Waals surface area contributed by atoms with Crippen molar-refractivity contribution in [3.8, 4) is 5.69 Å². The van der Waals surface area contributed by atoms with Gasteiger partial charge in [-0.1, -0.05) is 31.4 Å². The molecular formula is C18H25N3. The van der Waals surface area contributed by atoms with Crippen molar-refractivity contribution in [2.75, 3.05) is 0 Å². The van der Waals surface area contributed by atoms with E-state index < -0.39 is 0 Å². The largest absolute Gasteiger partial charge is 0.310 e. The second-order valence-electron chi connectivity index (χ2n) is 6.18. The quantitative estimate of drug-likeness (QED) is 0.901. The smallest absolute Gasteiger partial charge is 0.0645 e. The van der Waals surface area contributed by atoms with Crippen LogP contribution in [0.4, 0.5) is 0 Å². The van der Waals surface area contributed by atoms with Crippen molar-refractivity contribution >= 4 is 0 Å². The Bertz CT molecular complexity index is 524. The molecule has 1 aliphatic carbocycles. The molecule has 3 rings (SSSR count). The zero-order chi connectivity index (χ0) is 14.5. The molecule has 3 nitrogen and oxygen atoms in total. The number of aromatic nitrogens is 2. The van der Waals surface area contributed by atoms with Gasteiger partial charge in [0.1, 0.15) is 0 Å². The minimum atomic E-state index is 0.621. The van der Waals surface area contributed by atoms with E-state index in [1.54, 1.807) is 6.20 Å². The predicted molar refractivity (Wildman–Crippen MR) is 86.4 cm³/mol. The van der Waals surface area contributed by atoms with Crippen LogP contribution in [0.1, 0.15) is 44.6 Å². The monoisotopic (exact) mass is 283 g/mol. The lowest BCUT2D eigenvalue weighted by Crippen LogP contribution is -2.34. The summed E-state index contributed by atoms with van der Waals surface area (Å²) in [5.41, 5.74) is 2.46. The van der Waals surface area contributed by atoms with Gasteiger partial charge in [-0.15, -0.1) is 0 Å². The molecule has 1 aliphatic rings. The summed E-state index contributed by atoms with van der Waals surface area (Å²) in [6, 6.07) is 11.2. The van der Waals surface area contributed by atoms with Crippen LogP contribution in [0, 0.1) is 5.92 Å². The molecule has 1 saturated carbocycles. The standard InChI is InChI=1S/C18H25N3/c1-15(17-6-3-2-4-7-17)19-14-16-8-10-18(11-9-16)21-13-5-12-20-21/h5,8-13,15,17,19H,2-4,6-7,14H2,1H3/t15-/m0/s1. The molecule has 2 aromatic rings. The van der Waals surface area contributed by atoms with Gasteiger partial charge in [-0.3, -0.25) is 0 Å². The third kappa shape index (κ3) is 3.73. The van der Waals surface area contributed by atoms with Crippen LogP contribution < -0.4 is 5.32 Å². The summed E-state index contributed by atoms with van der Waals surface area (Å²) in [7, 11) is 0. The second kappa shape index (κ2) is 6.90. The zero-order valence-electron chi connectivity index (χ0n) is 12.8. The van der Waals surface area contributed by atoms with Crippen LogP contribution in [0.3, 0.4) is 0 Å². The topological polar surface area (TPSA) is 29.9 Å². The number of benzene rings is 1. The van der Waals surface area contributed by atoms with E-state index in [-0.39, 0.29) is 0 Å². The van der Waals surface area contributed by atoms with Crippen LogP contribution in [0.2, 0.25) is 0 Å². The summed E-state index contributed by atoms with van der Waals surface area (Å²) in [4.78, 5) is 0. The van der Waals surface area contributed by atoms with Gasteiger partial charge in [0, 0.05) is 25.0 Å². The van der Waals surface area contributed by atoms with Crippen molar-refractivity contribution in [2.45, 2.75) is 51.6 Å². The normalized spacial score (nSPS) is 17.8. The molecule has 112 valence electrons. The van der Waals surface area contributed by atoms with Crippen LogP contribution in [0.15, 0.2) is 42.7 Å². The number of hydrogen-bond donors (Lipinski definition) is 1. The van der Waals surface area contributed by atoms with E-state index in [9.17, 15) is 0 Å². The lowest BCUT2D eigenvalue weighted by atomic mass is 9.84. The highest BCUT2D eigenvalue weighted by Crippen LogP contribution is 2.26. The van der Waals surface area contributed by atoms with E-state index in [0.717, 1.165) is 18.2 Å². The van der Waals surface area contributed by atoms with Crippen LogP contribution in [0.25, 0.3) is 5.69 Å². The average molecular weight is 283 g/mol. The first-order valence-corrected chi connectivity index (χ1v) is 8.15. The van der Waals surface area contributed by atoms with Crippen molar-refractivity contribution < 1.29 is 0 Å². The minimum Gasteiger partial charge on any atom is -0.310 e. The molecule has 0 bridgehead atoms. The van der Waals surface area contributed by atoms with Gasteiger partial charge in [0.25, 0.3) is 0 Å². The maximum Gasteiger partial charge on any atom is 0.0645 e. The summed E-state index contributed by atoms with van der Waals surface area (Å²) in [5.74, 6) is 0.863. The van der Waals surface area contributed by atoms with Crippen LogP contribution in [0.5, 0.6) is 0 Å². The fourth-order valence-electron chi connectivity index (χ4n) is 3.27. The molecule has 1 aromatic heterocycles. The van der Waals surface area contributed by atoms with Crippen LogP contribution in [-0.4, -0.2) is 15.8 Å². The summed E-state index contributed by atoms with van der Waals surface area (Å²) in [6.07, 6.45) is 10.8. The van der Waals surface area contributed by atoms with Crippen molar-refractivity contribution in [2.24, 2.45) is 5.92 Å². The van der Waals surface area contributed by atoms with Crippen molar-refractivity contribution in [3.05, 3.63) is 48.3 Å². The Morgan fingerprint density at radius 2 is 1.95 bits per heavy atom. The van der Waals surface area contributed by atoms with E-state index in [2.05, 4.69) is 41.6 Å². The molecule has 1 aromatic carbocycles. The van der Waals surface area contributed by atoms with E-state index in [4.69, 9.17) is 0 Å². The molecule has 0 saturated heterocycles. The Morgan fingerprint density at radius 1 is 1.19 bits per heavy atom. The Hall–Kier alpha value is -1.61. The summed E-state index contributed by atoms with van der Waals surface area (Å²) >= 11 is 0. The first kappa shape index (κ1) is 14.3. The molecule has 0 radical (unpaired) electrons. The van der Waals surface area contributed by atoms with E-state index in [1.807, 2.05) is 16.9 Å². The Labute approximate surface area is 127 Å². The third-order valence-electron chi connectivity index (χ3n) is 4.69. The van der Waals surface area contributed by atoms with Gasteiger partial charge in [-0.25, -0.2) is 4.68 Å². The van der Waals surface area contributed by atoms with E-state index in [0.29, 0.717) is 6.04 Å². The Balaban J connectivity index is 1.53. The molecule has 1 fully saturated rings. The minimum absolute atomic E-state index is 0.621. The molecule has 0 aliphatic heterocycles. The molecule has 21 heavy (non-hydrogen) atoms. The van der Waals surface area contributed by atoms with Gasteiger partial charge >= 0.3 is 0 Å². The highest BCUT2D eigenvalue weighted by Gasteiger charge is 2.19. The van der Waals surface area contributed by atoms with Gasteiger partial charge in [0.15, 0.2) is 0 Å². The first-order valence-electron chi connectivity index (χ1n) is 8.15. The van der Waals surface area contributed by atoms with Gasteiger partial charge in [-0.2, -0.15) is 5.10 Å². The van der Waals surface area contributed by atoms with Crippen LogP contribution in [-0.2, 0) is 6.54 Å². The highest BCUT2D eigenvalue weighted by atomic mass is 15.3. The van der Waals surface area contributed by atoms with Crippen LogP contribution >= 0.6 is 0 Å². The fraction of sp³-hybridized carbons (Fsp3) is 0.500. The number of rotatable bonds is 5. The second-order valence-corrected chi connectivity index (χ2v) is 6.18. The number of hydrogen-bond acceptors (Lipinski definition) is 2. The summed E-state index contributed by atoms with van der Waals surface area (Å²) in [5, 5.41) is 7.95.